The smallest absolute Gasteiger partial charge is 0.340 e. The Morgan fingerprint density at radius 2 is 2.21 bits per heavy atom. The highest BCUT2D eigenvalue weighted by Crippen LogP contribution is 2.34. The van der Waals surface area contributed by atoms with Crippen LogP contribution in [0.1, 0.15) is 40.2 Å². The monoisotopic (exact) mass is 326 g/mol. The quantitative estimate of drug-likeness (QED) is 0.853. The van der Waals surface area contributed by atoms with Gasteiger partial charge >= 0.3 is 5.97 Å². The van der Waals surface area contributed by atoms with Crippen molar-refractivity contribution in [1.82, 2.24) is 4.98 Å². The molecule has 1 aromatic heterocycles. The van der Waals surface area contributed by atoms with Gasteiger partial charge in [0.25, 0.3) is 0 Å². The average Bonchev–Trinajstić information content (AvgIpc) is 2.65. The summed E-state index contributed by atoms with van der Waals surface area (Å²) >= 11 is 0. The van der Waals surface area contributed by atoms with Crippen LogP contribution in [0.15, 0.2) is 36.7 Å². The highest BCUT2D eigenvalue weighted by Gasteiger charge is 2.21. The van der Waals surface area contributed by atoms with Crippen LogP contribution in [0.5, 0.6) is 5.75 Å². The summed E-state index contributed by atoms with van der Waals surface area (Å²) in [6.07, 6.45) is 6.64. The molecule has 1 aliphatic rings. The van der Waals surface area contributed by atoms with Gasteiger partial charge in [0.15, 0.2) is 0 Å². The van der Waals surface area contributed by atoms with Gasteiger partial charge in [0.1, 0.15) is 5.75 Å². The summed E-state index contributed by atoms with van der Waals surface area (Å²) in [5.41, 5.74) is 3.94. The van der Waals surface area contributed by atoms with Gasteiger partial charge in [0.2, 0.25) is 0 Å². The number of hydrogen-bond acceptors (Lipinski definition) is 5. The summed E-state index contributed by atoms with van der Waals surface area (Å²) in [6.45, 7) is 0.759. The molecule has 126 valence electrons. The first-order valence-corrected chi connectivity index (χ1v) is 8.16. The van der Waals surface area contributed by atoms with Gasteiger partial charge < -0.3 is 14.8 Å². The zero-order valence-electron chi connectivity index (χ0n) is 14.0. The summed E-state index contributed by atoms with van der Waals surface area (Å²) in [7, 11) is 3.08. The first-order valence-electron chi connectivity index (χ1n) is 8.16. The molecule has 0 spiro atoms. The molecule has 0 saturated carbocycles. The average molecular weight is 326 g/mol. The van der Waals surface area contributed by atoms with Crippen LogP contribution in [-0.2, 0) is 11.2 Å². The van der Waals surface area contributed by atoms with Crippen molar-refractivity contribution in [2.75, 3.05) is 26.1 Å². The van der Waals surface area contributed by atoms with E-state index in [0.29, 0.717) is 17.2 Å². The molecule has 5 nitrogen and oxygen atoms in total. The Morgan fingerprint density at radius 3 is 3.00 bits per heavy atom. The Hall–Kier alpha value is -2.56. The fourth-order valence-corrected chi connectivity index (χ4v) is 3.29. The van der Waals surface area contributed by atoms with Gasteiger partial charge in [-0.2, -0.15) is 0 Å². The minimum absolute atomic E-state index is 0.353. The molecular weight excluding hydrogens is 304 g/mol. The minimum atomic E-state index is -0.353. The van der Waals surface area contributed by atoms with E-state index in [1.807, 2.05) is 6.07 Å². The number of nitrogens with one attached hydrogen (secondary N) is 1. The molecule has 1 atom stereocenters. The number of esters is 1. The third-order valence-corrected chi connectivity index (χ3v) is 4.55. The van der Waals surface area contributed by atoms with E-state index in [0.717, 1.165) is 31.6 Å². The summed E-state index contributed by atoms with van der Waals surface area (Å²) in [5, 5.41) is 3.37. The topological polar surface area (TPSA) is 60.5 Å². The summed E-state index contributed by atoms with van der Waals surface area (Å²) < 4.78 is 10.2. The highest BCUT2D eigenvalue weighted by atomic mass is 16.5. The van der Waals surface area contributed by atoms with Gasteiger partial charge in [0, 0.05) is 18.7 Å². The van der Waals surface area contributed by atoms with Crippen LogP contribution in [0.25, 0.3) is 0 Å². The fraction of sp³-hybridized carbons (Fsp3) is 0.368. The second-order valence-corrected chi connectivity index (χ2v) is 5.95. The van der Waals surface area contributed by atoms with Crippen LogP contribution in [0, 0.1) is 0 Å². The molecule has 0 saturated heterocycles. The molecule has 1 heterocycles. The van der Waals surface area contributed by atoms with Crippen molar-refractivity contribution in [2.24, 2.45) is 0 Å². The molecule has 0 aliphatic heterocycles. The molecule has 0 bridgehead atoms. The van der Waals surface area contributed by atoms with Gasteiger partial charge in [-0.3, -0.25) is 4.98 Å². The number of rotatable bonds is 5. The lowest BCUT2D eigenvalue weighted by molar-refractivity contribution is 0.0601. The lowest BCUT2D eigenvalue weighted by atomic mass is 9.82. The third-order valence-electron chi connectivity index (χ3n) is 4.55. The molecule has 1 N–H and O–H groups in total. The van der Waals surface area contributed by atoms with E-state index >= 15 is 0 Å². The predicted molar refractivity (Wildman–Crippen MR) is 92.7 cm³/mol. The number of anilines is 1. The predicted octanol–water partition coefficient (Wildman–Crippen LogP) is 3.41. The SMILES string of the molecule is COC(=O)c1ccncc1NCC1CCCc2cc(OC)ccc21. The second kappa shape index (κ2) is 7.34. The second-order valence-electron chi connectivity index (χ2n) is 5.95. The van der Waals surface area contributed by atoms with Crippen LogP contribution in [0.3, 0.4) is 0 Å². The Balaban J connectivity index is 1.76. The van der Waals surface area contributed by atoms with Crippen molar-refractivity contribution in [3.63, 3.8) is 0 Å². The van der Waals surface area contributed by atoms with Gasteiger partial charge in [-0.1, -0.05) is 6.07 Å². The van der Waals surface area contributed by atoms with E-state index in [1.165, 1.54) is 18.2 Å². The highest BCUT2D eigenvalue weighted by molar-refractivity contribution is 5.95. The van der Waals surface area contributed by atoms with E-state index in [4.69, 9.17) is 9.47 Å². The number of ether oxygens (including phenoxy) is 2. The van der Waals surface area contributed by atoms with E-state index in [2.05, 4.69) is 22.4 Å². The van der Waals surface area contributed by atoms with Gasteiger partial charge in [0.05, 0.1) is 31.7 Å². The molecule has 0 amide bonds. The normalized spacial score (nSPS) is 16.2. The van der Waals surface area contributed by atoms with Crippen LogP contribution < -0.4 is 10.1 Å². The molecule has 0 radical (unpaired) electrons. The number of fused-ring (bicyclic) bond motifs is 1. The lowest BCUT2D eigenvalue weighted by Gasteiger charge is -2.26. The van der Waals surface area contributed by atoms with Crippen LogP contribution in [-0.4, -0.2) is 31.7 Å². The number of pyridine rings is 1. The molecule has 5 heteroatoms. The number of hydrogen-bond donors (Lipinski definition) is 1. The Labute approximate surface area is 142 Å². The number of methoxy groups -OCH3 is 2. The zero-order valence-corrected chi connectivity index (χ0v) is 14.0. The number of aromatic nitrogens is 1. The minimum Gasteiger partial charge on any atom is -0.497 e. The van der Waals surface area contributed by atoms with Crippen molar-refractivity contribution in [3.05, 3.63) is 53.3 Å². The largest absolute Gasteiger partial charge is 0.497 e. The first kappa shape index (κ1) is 16.3. The van der Waals surface area contributed by atoms with Crippen LogP contribution in [0.2, 0.25) is 0 Å². The Morgan fingerprint density at radius 1 is 1.33 bits per heavy atom. The standard InChI is InChI=1S/C19H22N2O3/c1-23-15-6-7-16-13(10-15)4-3-5-14(16)11-21-18-12-20-9-8-17(18)19(22)24-2/h6-10,12,14,21H,3-5,11H2,1-2H3. The maximum atomic E-state index is 11.9. The summed E-state index contributed by atoms with van der Waals surface area (Å²) in [5.74, 6) is 0.960. The van der Waals surface area contributed by atoms with Gasteiger partial charge in [-0.15, -0.1) is 0 Å². The van der Waals surface area contributed by atoms with Gasteiger partial charge in [-0.25, -0.2) is 4.79 Å². The van der Waals surface area contributed by atoms with Crippen molar-refractivity contribution in [2.45, 2.75) is 25.2 Å². The third kappa shape index (κ3) is 3.35. The van der Waals surface area contributed by atoms with E-state index < -0.39 is 0 Å². The Kier molecular flexibility index (Phi) is 4.99. The number of nitrogens with zero attached hydrogens (tertiary/aromatic N) is 1. The molecule has 3 rings (SSSR count). The van der Waals surface area contributed by atoms with Crippen LogP contribution >= 0.6 is 0 Å². The number of carbonyl (C=O) groups is 1. The van der Waals surface area contributed by atoms with E-state index in [-0.39, 0.29) is 5.97 Å². The van der Waals surface area contributed by atoms with E-state index in [9.17, 15) is 4.79 Å². The van der Waals surface area contributed by atoms with Crippen LogP contribution in [0.4, 0.5) is 5.69 Å². The van der Waals surface area contributed by atoms with Crippen molar-refractivity contribution in [3.8, 4) is 5.75 Å². The molecular formula is C19H22N2O3. The summed E-state index contributed by atoms with van der Waals surface area (Å²) in [4.78, 5) is 16.0. The fourth-order valence-electron chi connectivity index (χ4n) is 3.29. The van der Waals surface area contributed by atoms with Crippen molar-refractivity contribution >= 4 is 11.7 Å². The van der Waals surface area contributed by atoms with E-state index in [1.54, 1.807) is 25.6 Å². The van der Waals surface area contributed by atoms with Gasteiger partial charge in [-0.05, 0) is 48.6 Å². The maximum Gasteiger partial charge on any atom is 0.340 e. The van der Waals surface area contributed by atoms with Crippen molar-refractivity contribution in [1.29, 1.82) is 0 Å². The zero-order chi connectivity index (χ0) is 16.9. The van der Waals surface area contributed by atoms with Crippen molar-refractivity contribution < 1.29 is 14.3 Å². The number of aryl methyl sites for hydroxylation is 1. The molecule has 1 unspecified atom stereocenters. The molecule has 1 aliphatic carbocycles. The summed E-state index contributed by atoms with van der Waals surface area (Å²) in [6, 6.07) is 7.98. The molecule has 0 fully saturated rings. The number of carbonyl (C=O) groups excluding carboxylic acids is 1. The molecule has 24 heavy (non-hydrogen) atoms. The molecule has 2 aromatic rings. The maximum absolute atomic E-state index is 11.9. The lowest BCUT2D eigenvalue weighted by Crippen LogP contribution is -2.19. The number of benzene rings is 1. The molecule has 1 aromatic carbocycles. The Bertz CT molecular complexity index is 730. The first-order chi connectivity index (χ1) is 11.7.